The van der Waals surface area contributed by atoms with E-state index in [1.807, 2.05) is 12.1 Å². The molecule has 1 aromatic carbocycles. The van der Waals surface area contributed by atoms with Crippen molar-refractivity contribution in [3.8, 4) is 0 Å². The molecular weight excluding hydrogens is 448 g/mol. The SMILES string of the molecule is O=C(Nc1cc(C(=O)N2CCOCC2)ccc1N1CCCCC1)c1cccc(Br)n1. The van der Waals surface area contributed by atoms with Crippen LogP contribution in [0.3, 0.4) is 0 Å². The van der Waals surface area contributed by atoms with Gasteiger partial charge in [0.05, 0.1) is 24.6 Å². The number of nitrogens with one attached hydrogen (secondary N) is 1. The number of nitrogens with zero attached hydrogens (tertiary/aromatic N) is 3. The third-order valence-electron chi connectivity index (χ3n) is 5.43. The molecule has 3 heterocycles. The summed E-state index contributed by atoms with van der Waals surface area (Å²) in [6, 6.07) is 10.8. The molecule has 0 saturated carbocycles. The standard InChI is InChI=1S/C22H25BrN4O3/c23-20-6-4-5-17(24-20)21(28)25-18-15-16(22(29)27-11-13-30-14-12-27)7-8-19(18)26-9-2-1-3-10-26/h4-8,15H,1-3,9-14H2,(H,25,28). The van der Waals surface area contributed by atoms with Gasteiger partial charge in [0.15, 0.2) is 0 Å². The molecule has 0 atom stereocenters. The van der Waals surface area contributed by atoms with Crippen molar-refractivity contribution in [1.82, 2.24) is 9.88 Å². The van der Waals surface area contributed by atoms with Gasteiger partial charge in [0.2, 0.25) is 0 Å². The summed E-state index contributed by atoms with van der Waals surface area (Å²) in [6.07, 6.45) is 3.46. The van der Waals surface area contributed by atoms with E-state index in [1.54, 1.807) is 29.2 Å². The van der Waals surface area contributed by atoms with Crippen molar-refractivity contribution in [2.75, 3.05) is 49.6 Å². The zero-order valence-corrected chi connectivity index (χ0v) is 18.4. The van der Waals surface area contributed by atoms with Crippen LogP contribution in [-0.4, -0.2) is 61.1 Å². The van der Waals surface area contributed by atoms with Gasteiger partial charge in [-0.3, -0.25) is 9.59 Å². The average molecular weight is 473 g/mol. The summed E-state index contributed by atoms with van der Waals surface area (Å²) in [7, 11) is 0. The maximum Gasteiger partial charge on any atom is 0.274 e. The van der Waals surface area contributed by atoms with Crippen molar-refractivity contribution in [2.24, 2.45) is 0 Å². The van der Waals surface area contributed by atoms with Crippen molar-refractivity contribution in [1.29, 1.82) is 0 Å². The quantitative estimate of drug-likeness (QED) is 0.688. The van der Waals surface area contributed by atoms with Crippen molar-refractivity contribution >= 4 is 39.1 Å². The first-order valence-corrected chi connectivity index (χ1v) is 11.1. The molecule has 0 aliphatic carbocycles. The predicted molar refractivity (Wildman–Crippen MR) is 119 cm³/mol. The van der Waals surface area contributed by atoms with Gasteiger partial charge in [-0.25, -0.2) is 4.98 Å². The minimum atomic E-state index is -0.300. The number of benzene rings is 1. The summed E-state index contributed by atoms with van der Waals surface area (Å²) >= 11 is 3.31. The van der Waals surface area contributed by atoms with E-state index in [0.717, 1.165) is 31.6 Å². The first-order valence-electron chi connectivity index (χ1n) is 10.3. The molecule has 2 saturated heterocycles. The summed E-state index contributed by atoms with van der Waals surface area (Å²) < 4.78 is 5.95. The number of carbonyl (C=O) groups excluding carboxylic acids is 2. The fourth-order valence-electron chi connectivity index (χ4n) is 3.85. The highest BCUT2D eigenvalue weighted by molar-refractivity contribution is 9.10. The van der Waals surface area contributed by atoms with E-state index in [2.05, 4.69) is 31.1 Å². The van der Waals surface area contributed by atoms with Gasteiger partial charge in [-0.1, -0.05) is 6.07 Å². The number of rotatable bonds is 4. The van der Waals surface area contributed by atoms with Gasteiger partial charge in [-0.2, -0.15) is 0 Å². The van der Waals surface area contributed by atoms with Gasteiger partial charge in [-0.15, -0.1) is 0 Å². The lowest BCUT2D eigenvalue weighted by atomic mass is 10.1. The van der Waals surface area contributed by atoms with Crippen LogP contribution in [-0.2, 0) is 4.74 Å². The minimum Gasteiger partial charge on any atom is -0.378 e. The number of aromatic nitrogens is 1. The molecule has 0 bridgehead atoms. The third kappa shape index (κ3) is 4.82. The zero-order valence-electron chi connectivity index (χ0n) is 16.8. The summed E-state index contributed by atoms with van der Waals surface area (Å²) in [6.45, 7) is 4.14. The first kappa shape index (κ1) is 20.8. The molecule has 30 heavy (non-hydrogen) atoms. The van der Waals surface area contributed by atoms with Crippen molar-refractivity contribution < 1.29 is 14.3 Å². The Hall–Kier alpha value is -2.45. The van der Waals surface area contributed by atoms with Crippen LogP contribution >= 0.6 is 15.9 Å². The van der Waals surface area contributed by atoms with Gasteiger partial charge in [-0.05, 0) is 65.5 Å². The Balaban J connectivity index is 1.63. The average Bonchev–Trinajstić information content (AvgIpc) is 2.79. The Kier molecular flexibility index (Phi) is 6.64. The van der Waals surface area contributed by atoms with Gasteiger partial charge in [0.1, 0.15) is 10.3 Å². The maximum atomic E-state index is 13.0. The minimum absolute atomic E-state index is 0.0421. The van der Waals surface area contributed by atoms with Gasteiger partial charge in [0, 0.05) is 31.7 Å². The lowest BCUT2D eigenvalue weighted by molar-refractivity contribution is 0.0303. The normalized spacial score (nSPS) is 17.0. The number of halogens is 1. The van der Waals surface area contributed by atoms with Crippen molar-refractivity contribution in [3.05, 3.63) is 52.3 Å². The van der Waals surface area contributed by atoms with Gasteiger partial charge < -0.3 is 19.9 Å². The van der Waals surface area contributed by atoms with Crippen LogP contribution in [0.4, 0.5) is 11.4 Å². The molecule has 2 amide bonds. The smallest absolute Gasteiger partial charge is 0.274 e. The lowest BCUT2D eigenvalue weighted by Gasteiger charge is -2.31. The molecule has 0 spiro atoms. The van der Waals surface area contributed by atoms with Crippen molar-refractivity contribution in [3.63, 3.8) is 0 Å². The van der Waals surface area contributed by atoms with Crippen LogP contribution in [0, 0.1) is 0 Å². The molecule has 4 rings (SSSR count). The highest BCUT2D eigenvalue weighted by Crippen LogP contribution is 2.30. The molecule has 2 aliphatic rings. The van der Waals surface area contributed by atoms with E-state index in [9.17, 15) is 9.59 Å². The summed E-state index contributed by atoms with van der Waals surface area (Å²) in [5.41, 5.74) is 2.47. The Morgan fingerprint density at radius 1 is 1.00 bits per heavy atom. The fourth-order valence-corrected chi connectivity index (χ4v) is 4.19. The molecule has 0 unspecified atom stereocenters. The van der Waals surface area contributed by atoms with Crippen LogP contribution in [0.2, 0.25) is 0 Å². The Labute approximate surface area is 184 Å². The molecule has 1 N–H and O–H groups in total. The summed E-state index contributed by atoms with van der Waals surface area (Å²) in [5.74, 6) is -0.342. The molecule has 158 valence electrons. The molecule has 2 aromatic rings. The Morgan fingerprint density at radius 2 is 1.77 bits per heavy atom. The lowest BCUT2D eigenvalue weighted by Crippen LogP contribution is -2.40. The highest BCUT2D eigenvalue weighted by Gasteiger charge is 2.22. The van der Waals surface area contributed by atoms with E-state index in [4.69, 9.17) is 4.74 Å². The number of piperidine rings is 1. The van der Waals surface area contributed by atoms with E-state index in [1.165, 1.54) is 6.42 Å². The fraction of sp³-hybridized carbons (Fsp3) is 0.409. The second kappa shape index (κ2) is 9.57. The maximum absolute atomic E-state index is 13.0. The number of pyridine rings is 1. The molecule has 2 fully saturated rings. The van der Waals surface area contributed by atoms with Crippen LogP contribution in [0.25, 0.3) is 0 Å². The number of morpholine rings is 1. The van der Waals surface area contributed by atoms with Crippen LogP contribution in [0.15, 0.2) is 41.0 Å². The molecule has 7 nitrogen and oxygen atoms in total. The third-order valence-corrected chi connectivity index (χ3v) is 5.88. The number of hydrogen-bond donors (Lipinski definition) is 1. The highest BCUT2D eigenvalue weighted by atomic mass is 79.9. The zero-order chi connectivity index (χ0) is 20.9. The van der Waals surface area contributed by atoms with E-state index >= 15 is 0 Å². The first-order chi connectivity index (χ1) is 14.6. The van der Waals surface area contributed by atoms with Gasteiger partial charge >= 0.3 is 0 Å². The molecule has 2 aliphatic heterocycles. The largest absolute Gasteiger partial charge is 0.378 e. The topological polar surface area (TPSA) is 74.8 Å². The molecular formula is C22H25BrN4O3. The second-order valence-electron chi connectivity index (χ2n) is 7.48. The van der Waals surface area contributed by atoms with Crippen LogP contribution in [0.5, 0.6) is 0 Å². The number of anilines is 2. The van der Waals surface area contributed by atoms with Gasteiger partial charge in [0.25, 0.3) is 11.8 Å². The Morgan fingerprint density at radius 3 is 2.50 bits per heavy atom. The number of amides is 2. The summed E-state index contributed by atoms with van der Waals surface area (Å²) in [5, 5.41) is 2.99. The molecule has 0 radical (unpaired) electrons. The second-order valence-corrected chi connectivity index (χ2v) is 8.30. The number of carbonyl (C=O) groups is 2. The van der Waals surface area contributed by atoms with Crippen LogP contribution in [0.1, 0.15) is 40.1 Å². The Bertz CT molecular complexity index is 924. The molecule has 1 aromatic heterocycles. The van der Waals surface area contributed by atoms with E-state index < -0.39 is 0 Å². The predicted octanol–water partition coefficient (Wildman–Crippen LogP) is 3.56. The monoisotopic (exact) mass is 472 g/mol. The van der Waals surface area contributed by atoms with Crippen molar-refractivity contribution in [2.45, 2.75) is 19.3 Å². The van der Waals surface area contributed by atoms with Crippen LogP contribution < -0.4 is 10.2 Å². The summed E-state index contributed by atoms with van der Waals surface area (Å²) in [4.78, 5) is 34.1. The number of hydrogen-bond acceptors (Lipinski definition) is 5. The number of ether oxygens (including phenoxy) is 1. The molecule has 8 heteroatoms. The van der Waals surface area contributed by atoms with E-state index in [-0.39, 0.29) is 11.8 Å². The van der Waals surface area contributed by atoms with E-state index in [0.29, 0.717) is 47.9 Å².